The van der Waals surface area contributed by atoms with E-state index in [2.05, 4.69) is 78.8 Å². The van der Waals surface area contributed by atoms with E-state index in [0.29, 0.717) is 35.0 Å². The highest BCUT2D eigenvalue weighted by molar-refractivity contribution is 5.69. The number of fused-ring (bicyclic) bond motifs is 5. The number of unbranched alkanes of at least 4 members (excludes halogenated alkanes) is 11. The Morgan fingerprint density at radius 1 is 0.796 bits per heavy atom. The number of rotatable bonds is 21. The maximum atomic E-state index is 12.8. The maximum absolute atomic E-state index is 12.8. The van der Waals surface area contributed by atoms with Gasteiger partial charge < -0.3 is 4.74 Å². The fourth-order valence-electron chi connectivity index (χ4n) is 11.4. The molecule has 3 saturated carbocycles. The molecule has 0 aromatic heterocycles. The lowest BCUT2D eigenvalue weighted by atomic mass is 9.47. The molecule has 0 radical (unpaired) electrons. The third-order valence-corrected chi connectivity index (χ3v) is 14.7. The number of carbonyl (C=O) groups is 1. The Kier molecular flexibility index (Phi) is 16.6. The Labute approximate surface area is 305 Å². The van der Waals surface area contributed by atoms with Crippen molar-refractivity contribution in [2.45, 2.75) is 202 Å². The molecular formula is C47H80O2. The van der Waals surface area contributed by atoms with Crippen molar-refractivity contribution in [3.63, 3.8) is 0 Å². The van der Waals surface area contributed by atoms with E-state index >= 15 is 0 Å². The number of carbonyl (C=O) groups excluding carboxylic acids is 1. The molecular weight excluding hydrogens is 597 g/mol. The number of esters is 1. The molecule has 2 heteroatoms. The average Bonchev–Trinajstić information content (AvgIpc) is 3.44. The van der Waals surface area contributed by atoms with Crippen LogP contribution in [0.3, 0.4) is 0 Å². The van der Waals surface area contributed by atoms with Crippen molar-refractivity contribution in [3.05, 3.63) is 36.0 Å². The predicted molar refractivity (Wildman–Crippen MR) is 211 cm³/mol. The van der Waals surface area contributed by atoms with E-state index in [9.17, 15) is 4.79 Å². The molecule has 0 spiro atoms. The third-order valence-electron chi connectivity index (χ3n) is 14.7. The molecule has 3 fully saturated rings. The summed E-state index contributed by atoms with van der Waals surface area (Å²) in [5, 5.41) is 0. The van der Waals surface area contributed by atoms with Gasteiger partial charge in [0.15, 0.2) is 0 Å². The van der Waals surface area contributed by atoms with E-state index in [1.807, 2.05) is 5.57 Å². The lowest BCUT2D eigenvalue weighted by Crippen LogP contribution is -2.50. The molecule has 0 aromatic carbocycles. The van der Waals surface area contributed by atoms with E-state index < -0.39 is 0 Å². The van der Waals surface area contributed by atoms with Gasteiger partial charge in [-0.05, 0) is 142 Å². The highest BCUT2D eigenvalue weighted by Crippen LogP contribution is 2.67. The number of hydrogen-bond donors (Lipinski definition) is 0. The minimum atomic E-state index is 0.0607. The van der Waals surface area contributed by atoms with E-state index in [1.54, 1.807) is 0 Å². The van der Waals surface area contributed by atoms with Gasteiger partial charge in [0.1, 0.15) is 6.10 Å². The van der Waals surface area contributed by atoms with Crippen LogP contribution in [0.15, 0.2) is 36.0 Å². The van der Waals surface area contributed by atoms with Gasteiger partial charge in [-0.25, -0.2) is 0 Å². The molecule has 2 nitrogen and oxygen atoms in total. The molecule has 0 N–H and O–H groups in total. The molecule has 4 aliphatic rings. The molecule has 0 bridgehead atoms. The van der Waals surface area contributed by atoms with Gasteiger partial charge in [-0.15, -0.1) is 0 Å². The smallest absolute Gasteiger partial charge is 0.306 e. The molecule has 9 atom stereocenters. The second kappa shape index (κ2) is 20.1. The Hall–Kier alpha value is -1.31. The van der Waals surface area contributed by atoms with Crippen LogP contribution in [0, 0.1) is 52.3 Å². The fourth-order valence-corrected chi connectivity index (χ4v) is 11.4. The second-order valence-corrected chi connectivity index (χ2v) is 18.3. The van der Waals surface area contributed by atoms with Crippen LogP contribution in [0.5, 0.6) is 0 Å². The van der Waals surface area contributed by atoms with Crippen molar-refractivity contribution in [2.24, 2.45) is 52.3 Å². The van der Waals surface area contributed by atoms with Gasteiger partial charge >= 0.3 is 5.97 Å². The summed E-state index contributed by atoms with van der Waals surface area (Å²) in [6.45, 7) is 17.2. The summed E-state index contributed by atoms with van der Waals surface area (Å²) in [5.74, 6) is 5.16. The normalized spacial score (nSPS) is 32.6. The number of ether oxygens (including phenoxy) is 1. The van der Waals surface area contributed by atoms with Crippen molar-refractivity contribution in [2.75, 3.05) is 0 Å². The van der Waals surface area contributed by atoms with Crippen molar-refractivity contribution < 1.29 is 9.53 Å². The summed E-state index contributed by atoms with van der Waals surface area (Å²) in [7, 11) is 0. The topological polar surface area (TPSA) is 26.3 Å². The van der Waals surface area contributed by atoms with Crippen LogP contribution < -0.4 is 0 Å². The molecule has 4 rings (SSSR count). The van der Waals surface area contributed by atoms with Gasteiger partial charge in [0.25, 0.3) is 0 Å². The van der Waals surface area contributed by atoms with Crippen molar-refractivity contribution in [1.29, 1.82) is 0 Å². The van der Waals surface area contributed by atoms with Crippen molar-refractivity contribution in [1.82, 2.24) is 0 Å². The lowest BCUT2D eigenvalue weighted by Gasteiger charge is -2.58. The van der Waals surface area contributed by atoms with Gasteiger partial charge in [-0.3, -0.25) is 4.79 Å². The first-order chi connectivity index (χ1) is 23.6. The van der Waals surface area contributed by atoms with Crippen molar-refractivity contribution >= 4 is 5.97 Å². The molecule has 1 unspecified atom stereocenters. The monoisotopic (exact) mass is 677 g/mol. The predicted octanol–water partition coefficient (Wildman–Crippen LogP) is 14.4. The molecule has 4 aliphatic carbocycles. The summed E-state index contributed by atoms with van der Waals surface area (Å²) in [6, 6.07) is 0. The zero-order chi connectivity index (χ0) is 35.3. The summed E-state index contributed by atoms with van der Waals surface area (Å²) in [5.41, 5.74) is 2.68. The third kappa shape index (κ3) is 10.9. The summed E-state index contributed by atoms with van der Waals surface area (Å²) in [4.78, 5) is 12.8. The molecule has 0 aromatic rings. The molecule has 280 valence electrons. The zero-order valence-electron chi connectivity index (χ0n) is 33.6. The van der Waals surface area contributed by atoms with Crippen LogP contribution in [0.25, 0.3) is 0 Å². The highest BCUT2D eigenvalue weighted by Gasteiger charge is 2.58. The van der Waals surface area contributed by atoms with Gasteiger partial charge in [0.05, 0.1) is 0 Å². The highest BCUT2D eigenvalue weighted by atomic mass is 16.5. The van der Waals surface area contributed by atoms with E-state index in [-0.39, 0.29) is 12.1 Å². The number of allylic oxidation sites excluding steroid dienone is 6. The first-order valence-electron chi connectivity index (χ1n) is 21.9. The van der Waals surface area contributed by atoms with Crippen LogP contribution >= 0.6 is 0 Å². The van der Waals surface area contributed by atoms with E-state index in [1.165, 1.54) is 116 Å². The Morgan fingerprint density at radius 3 is 2.10 bits per heavy atom. The first kappa shape index (κ1) is 40.5. The SMILES string of the molecule is CCCCCCCC/C=C\CCCCCCCC(=O)OC1CC[C@@]2(C)[C@@H](CC=C3[C@@H]2CC[C@]2(C)[C@@H]([C@H](C)C=C[C@@H](CC)C(C)C)CC[C@@H]32)C1. The summed E-state index contributed by atoms with van der Waals surface area (Å²) >= 11 is 0. The quantitative estimate of drug-likeness (QED) is 0.0687. The maximum Gasteiger partial charge on any atom is 0.306 e. The van der Waals surface area contributed by atoms with Crippen LogP contribution in [0.4, 0.5) is 0 Å². The van der Waals surface area contributed by atoms with Gasteiger partial charge in [-0.2, -0.15) is 0 Å². The van der Waals surface area contributed by atoms with Crippen LogP contribution in [-0.4, -0.2) is 12.1 Å². The average molecular weight is 677 g/mol. The van der Waals surface area contributed by atoms with Crippen LogP contribution in [0.1, 0.15) is 196 Å². The van der Waals surface area contributed by atoms with Crippen LogP contribution in [0.2, 0.25) is 0 Å². The summed E-state index contributed by atoms with van der Waals surface area (Å²) < 4.78 is 6.15. The second-order valence-electron chi connectivity index (χ2n) is 18.3. The van der Waals surface area contributed by atoms with E-state index in [4.69, 9.17) is 4.74 Å². The lowest BCUT2D eigenvalue weighted by molar-refractivity contribution is -0.155. The first-order valence-corrected chi connectivity index (χ1v) is 21.9. The molecule has 0 aliphatic heterocycles. The molecule has 0 saturated heterocycles. The largest absolute Gasteiger partial charge is 0.462 e. The zero-order valence-corrected chi connectivity index (χ0v) is 33.6. The molecule has 0 amide bonds. The van der Waals surface area contributed by atoms with Gasteiger partial charge in [-0.1, -0.05) is 136 Å². The standard InChI is InChI=1S/C47H80O2/c1-8-10-11-12-13-14-15-16-17-18-19-20-21-22-23-24-45(48)49-40-31-33-46(6)39(35-40)27-28-41-43-30-29-42(47(43,7)34-32-44(41)46)37(5)25-26-38(9-2)36(3)4/h16-17,25-26,28,36-40,42-44H,8-15,18-24,27,29-35H2,1-7H3/b17-16-,26-25?/t37-,38-,39+,40?,42-,43+,44+,46+,47-/m1/s1. The van der Waals surface area contributed by atoms with Crippen LogP contribution in [-0.2, 0) is 9.53 Å². The number of hydrogen-bond acceptors (Lipinski definition) is 2. The Balaban J connectivity index is 1.15. The molecule has 0 heterocycles. The van der Waals surface area contributed by atoms with Gasteiger partial charge in [0, 0.05) is 6.42 Å². The minimum Gasteiger partial charge on any atom is -0.462 e. The minimum absolute atomic E-state index is 0.0607. The molecule has 49 heavy (non-hydrogen) atoms. The summed E-state index contributed by atoms with van der Waals surface area (Å²) in [6.07, 6.45) is 41.5. The van der Waals surface area contributed by atoms with Crippen molar-refractivity contribution in [3.8, 4) is 0 Å². The Bertz CT molecular complexity index is 1070. The fraction of sp³-hybridized carbons (Fsp3) is 0.851. The Morgan fingerprint density at radius 2 is 1.43 bits per heavy atom. The van der Waals surface area contributed by atoms with Gasteiger partial charge in [0.2, 0.25) is 0 Å². The van der Waals surface area contributed by atoms with E-state index in [0.717, 1.165) is 49.4 Å².